The lowest BCUT2D eigenvalue weighted by atomic mass is 9.75. The third-order valence-electron chi connectivity index (χ3n) is 6.12. The van der Waals surface area contributed by atoms with E-state index in [-0.39, 0.29) is 24.5 Å². The predicted molar refractivity (Wildman–Crippen MR) is 104 cm³/mol. The van der Waals surface area contributed by atoms with Crippen LogP contribution in [0.25, 0.3) is 0 Å². The molecule has 3 amide bonds. The highest BCUT2D eigenvalue weighted by atomic mass is 35.5. The van der Waals surface area contributed by atoms with Crippen molar-refractivity contribution in [2.45, 2.75) is 56.7 Å². The van der Waals surface area contributed by atoms with Gasteiger partial charge in [0.2, 0.25) is 11.5 Å². The van der Waals surface area contributed by atoms with E-state index in [4.69, 9.17) is 17.3 Å². The van der Waals surface area contributed by atoms with Crippen molar-refractivity contribution in [3.05, 3.63) is 34.6 Å². The van der Waals surface area contributed by atoms with Gasteiger partial charge in [0.05, 0.1) is 0 Å². The number of benzene rings is 1. The van der Waals surface area contributed by atoms with Crippen molar-refractivity contribution in [1.82, 2.24) is 10.2 Å². The van der Waals surface area contributed by atoms with Crippen LogP contribution in [0, 0.1) is 11.7 Å². The first kappa shape index (κ1) is 21.5. The molecule has 1 saturated heterocycles. The summed E-state index contributed by atoms with van der Waals surface area (Å²) in [5.74, 6) is -2.47. The second-order valence-corrected chi connectivity index (χ2v) is 8.54. The van der Waals surface area contributed by atoms with Crippen LogP contribution in [0.3, 0.4) is 0 Å². The summed E-state index contributed by atoms with van der Waals surface area (Å²) in [6, 6.07) is 3.81. The molecule has 29 heavy (non-hydrogen) atoms. The van der Waals surface area contributed by atoms with Crippen LogP contribution in [0.2, 0.25) is 5.02 Å². The Morgan fingerprint density at radius 2 is 1.97 bits per heavy atom. The van der Waals surface area contributed by atoms with Crippen molar-refractivity contribution in [2.75, 3.05) is 6.54 Å². The van der Waals surface area contributed by atoms with E-state index in [2.05, 4.69) is 12.2 Å². The minimum Gasteiger partial charge on any atom is -0.372 e. The molecular weight excluding hydrogens is 401 g/mol. The summed E-state index contributed by atoms with van der Waals surface area (Å²) in [5.41, 5.74) is 2.58. The Bertz CT molecular complexity index is 821. The summed E-state index contributed by atoms with van der Waals surface area (Å²) in [4.78, 5) is 39.2. The van der Waals surface area contributed by atoms with Crippen molar-refractivity contribution in [3.8, 4) is 0 Å². The van der Waals surface area contributed by atoms with Crippen molar-refractivity contribution >= 4 is 29.3 Å². The minimum atomic E-state index is -2.29. The average molecular weight is 426 g/mol. The second-order valence-electron chi connectivity index (χ2n) is 8.11. The molecule has 4 N–H and O–H groups in total. The van der Waals surface area contributed by atoms with Gasteiger partial charge in [-0.2, -0.15) is 0 Å². The van der Waals surface area contributed by atoms with Crippen LogP contribution in [0.5, 0.6) is 0 Å². The van der Waals surface area contributed by atoms with Crippen LogP contribution in [-0.4, -0.2) is 45.4 Å². The molecule has 2 fully saturated rings. The van der Waals surface area contributed by atoms with Crippen LogP contribution in [-0.2, 0) is 20.9 Å². The molecule has 1 aliphatic carbocycles. The third kappa shape index (κ3) is 3.96. The van der Waals surface area contributed by atoms with Gasteiger partial charge in [0.15, 0.2) is 0 Å². The number of nitrogens with zero attached hydrogens (tertiary/aromatic N) is 1. The summed E-state index contributed by atoms with van der Waals surface area (Å²) in [7, 11) is 0. The lowest BCUT2D eigenvalue weighted by Crippen LogP contribution is -2.62. The molecule has 0 radical (unpaired) electrons. The maximum Gasteiger partial charge on any atom is 0.265 e. The molecule has 9 heteroatoms. The Kier molecular flexibility index (Phi) is 5.87. The van der Waals surface area contributed by atoms with Gasteiger partial charge >= 0.3 is 0 Å². The fraction of sp³-hybridized carbons (Fsp3) is 0.550. The van der Waals surface area contributed by atoms with Crippen LogP contribution in [0.1, 0.15) is 44.6 Å². The van der Waals surface area contributed by atoms with E-state index in [0.717, 1.165) is 18.9 Å². The Morgan fingerprint density at radius 3 is 2.55 bits per heavy atom. The average Bonchev–Trinajstić information content (AvgIpc) is 2.96. The first-order valence-electron chi connectivity index (χ1n) is 9.66. The molecule has 2 aliphatic rings. The lowest BCUT2D eigenvalue weighted by Gasteiger charge is -2.43. The quantitative estimate of drug-likeness (QED) is 0.620. The molecule has 1 aliphatic heterocycles. The number of halogens is 2. The first-order valence-corrected chi connectivity index (χ1v) is 10.0. The number of aliphatic hydroxyl groups is 1. The zero-order valence-corrected chi connectivity index (χ0v) is 17.0. The van der Waals surface area contributed by atoms with Crippen LogP contribution in [0.4, 0.5) is 4.39 Å². The zero-order chi connectivity index (χ0) is 21.4. The van der Waals surface area contributed by atoms with Crippen molar-refractivity contribution in [3.63, 3.8) is 0 Å². The van der Waals surface area contributed by atoms with Gasteiger partial charge in [0.1, 0.15) is 11.4 Å². The molecule has 1 aromatic rings. The van der Waals surface area contributed by atoms with E-state index >= 15 is 0 Å². The molecule has 3 rings (SSSR count). The van der Waals surface area contributed by atoms with Gasteiger partial charge in [-0.25, -0.2) is 4.39 Å². The molecule has 1 unspecified atom stereocenters. The number of hydrogen-bond acceptors (Lipinski definition) is 4. The molecule has 1 atom stereocenters. The van der Waals surface area contributed by atoms with E-state index in [1.165, 1.54) is 17.0 Å². The third-order valence-corrected chi connectivity index (χ3v) is 6.34. The molecule has 1 aromatic carbocycles. The van der Waals surface area contributed by atoms with Gasteiger partial charge < -0.3 is 21.1 Å². The zero-order valence-electron chi connectivity index (χ0n) is 16.2. The van der Waals surface area contributed by atoms with Gasteiger partial charge in [-0.15, -0.1) is 0 Å². The fourth-order valence-electron chi connectivity index (χ4n) is 4.26. The highest BCUT2D eigenvalue weighted by Crippen LogP contribution is 2.40. The standard InChI is InChI=1S/C20H25ClFN3O4/c1-12-2-4-19(5-3-12,16(23)26)25-7-6-20(29,18(25)28)17(27)24-11-13-8-14(21)10-15(22)9-13/h8-10,12,29H,2-7,11H2,1H3,(H2,23,26)(H,24,27). The first-order chi connectivity index (χ1) is 13.6. The topological polar surface area (TPSA) is 113 Å². The number of nitrogens with one attached hydrogen (secondary N) is 1. The summed E-state index contributed by atoms with van der Waals surface area (Å²) in [6.45, 7) is 2.02. The molecule has 0 bridgehead atoms. The number of nitrogens with two attached hydrogens (primary N) is 1. The number of carbonyl (C=O) groups excluding carboxylic acids is 3. The largest absolute Gasteiger partial charge is 0.372 e. The lowest BCUT2D eigenvalue weighted by molar-refractivity contribution is -0.161. The molecule has 0 aromatic heterocycles. The van der Waals surface area contributed by atoms with Gasteiger partial charge in [0, 0.05) is 24.5 Å². The van der Waals surface area contributed by atoms with Crippen LogP contribution >= 0.6 is 11.6 Å². The molecule has 158 valence electrons. The summed E-state index contributed by atoms with van der Waals surface area (Å²) < 4.78 is 13.4. The number of carbonyl (C=O) groups is 3. The van der Waals surface area contributed by atoms with Gasteiger partial charge in [0.25, 0.3) is 11.8 Å². The van der Waals surface area contributed by atoms with E-state index in [1.54, 1.807) is 0 Å². The van der Waals surface area contributed by atoms with Crippen molar-refractivity contribution < 1.29 is 23.9 Å². The Balaban J connectivity index is 1.74. The molecular formula is C20H25ClFN3O4. The van der Waals surface area contributed by atoms with E-state index in [9.17, 15) is 23.9 Å². The normalized spacial score (nSPS) is 29.7. The maximum atomic E-state index is 13.4. The number of primary amides is 1. The number of rotatable bonds is 5. The number of amides is 3. The number of likely N-dealkylation sites (tertiary alicyclic amines) is 1. The minimum absolute atomic E-state index is 0.0614. The highest BCUT2D eigenvalue weighted by Gasteiger charge is 2.58. The molecule has 1 heterocycles. The molecule has 0 spiro atoms. The highest BCUT2D eigenvalue weighted by molar-refractivity contribution is 6.30. The van der Waals surface area contributed by atoms with Crippen LogP contribution in [0.15, 0.2) is 18.2 Å². The Labute approximate surface area is 173 Å². The van der Waals surface area contributed by atoms with Crippen LogP contribution < -0.4 is 11.1 Å². The van der Waals surface area contributed by atoms with Crippen molar-refractivity contribution in [1.29, 1.82) is 0 Å². The Hall–Kier alpha value is -2.19. The summed E-state index contributed by atoms with van der Waals surface area (Å²) in [6.07, 6.45) is 2.14. The SMILES string of the molecule is CC1CCC(C(N)=O)(N2CCC(O)(C(=O)NCc3cc(F)cc(Cl)c3)C2=O)CC1. The Morgan fingerprint density at radius 1 is 1.31 bits per heavy atom. The van der Waals surface area contributed by atoms with Gasteiger partial charge in [-0.05, 0) is 55.4 Å². The maximum absolute atomic E-state index is 13.4. The smallest absolute Gasteiger partial charge is 0.265 e. The summed E-state index contributed by atoms with van der Waals surface area (Å²) in [5, 5.41) is 13.4. The van der Waals surface area contributed by atoms with Crippen molar-refractivity contribution in [2.24, 2.45) is 11.7 Å². The van der Waals surface area contributed by atoms with Gasteiger partial charge in [-0.1, -0.05) is 18.5 Å². The molecule has 7 nitrogen and oxygen atoms in total. The monoisotopic (exact) mass is 425 g/mol. The van der Waals surface area contributed by atoms with E-state index in [0.29, 0.717) is 24.3 Å². The fourth-order valence-corrected chi connectivity index (χ4v) is 4.50. The van der Waals surface area contributed by atoms with E-state index in [1.807, 2.05) is 0 Å². The predicted octanol–water partition coefficient (Wildman–Crippen LogP) is 1.49. The number of hydrogen-bond donors (Lipinski definition) is 3. The molecule has 1 saturated carbocycles. The van der Waals surface area contributed by atoms with Gasteiger partial charge in [-0.3, -0.25) is 14.4 Å². The van der Waals surface area contributed by atoms with E-state index < -0.39 is 34.7 Å². The second kappa shape index (κ2) is 7.91. The summed E-state index contributed by atoms with van der Waals surface area (Å²) >= 11 is 5.80.